The predicted molar refractivity (Wildman–Crippen MR) is 169 cm³/mol. The highest BCUT2D eigenvalue weighted by Crippen LogP contribution is 2.36. The normalized spacial score (nSPS) is 13.3. The van der Waals surface area contributed by atoms with Crippen molar-refractivity contribution >= 4 is 46.9 Å². The van der Waals surface area contributed by atoms with Gasteiger partial charge in [0.25, 0.3) is 11.8 Å². The van der Waals surface area contributed by atoms with E-state index in [9.17, 15) is 14.4 Å². The molecule has 4 amide bonds. The maximum atomic E-state index is 13.8. The summed E-state index contributed by atoms with van der Waals surface area (Å²) in [4.78, 5) is 43.2. The highest BCUT2D eigenvalue weighted by molar-refractivity contribution is 6.46. The molecule has 0 atom stereocenters. The SMILES string of the molecule is C=CCc1cc(C=C2C(=O)N(c3ccccc3)C(=O)N(c3ccccc3)C2=O)cc(OCC)c1OCc1ccc(Cl)cc1. The minimum absolute atomic E-state index is 0.172. The fourth-order valence-electron chi connectivity index (χ4n) is 4.74. The van der Waals surface area contributed by atoms with Gasteiger partial charge in [-0.2, -0.15) is 0 Å². The van der Waals surface area contributed by atoms with E-state index in [0.717, 1.165) is 20.9 Å². The van der Waals surface area contributed by atoms with Crippen molar-refractivity contribution in [2.24, 2.45) is 0 Å². The lowest BCUT2D eigenvalue weighted by Crippen LogP contribution is -2.57. The van der Waals surface area contributed by atoms with Crippen LogP contribution in [0.4, 0.5) is 16.2 Å². The summed E-state index contributed by atoms with van der Waals surface area (Å²) in [6.07, 6.45) is 3.67. The number of carbonyl (C=O) groups excluding carboxylic acids is 3. The van der Waals surface area contributed by atoms with Crippen molar-refractivity contribution in [3.8, 4) is 11.5 Å². The van der Waals surface area contributed by atoms with Crippen LogP contribution in [-0.2, 0) is 22.6 Å². The lowest BCUT2D eigenvalue weighted by Gasteiger charge is -2.34. The maximum Gasteiger partial charge on any atom is 0.343 e. The van der Waals surface area contributed by atoms with Crippen molar-refractivity contribution < 1.29 is 23.9 Å². The van der Waals surface area contributed by atoms with Crippen LogP contribution in [0.5, 0.6) is 11.5 Å². The molecule has 4 aromatic carbocycles. The molecule has 1 aliphatic rings. The topological polar surface area (TPSA) is 76.2 Å². The number of anilines is 2. The summed E-state index contributed by atoms with van der Waals surface area (Å²) in [5.74, 6) is -0.458. The van der Waals surface area contributed by atoms with Crippen molar-refractivity contribution in [2.45, 2.75) is 20.0 Å². The van der Waals surface area contributed by atoms with Gasteiger partial charge in [0.2, 0.25) is 0 Å². The molecular formula is C35H29ClN2O5. The Bertz CT molecular complexity index is 1620. The maximum absolute atomic E-state index is 13.8. The molecule has 8 heteroatoms. The van der Waals surface area contributed by atoms with E-state index in [1.54, 1.807) is 84.9 Å². The molecule has 1 heterocycles. The van der Waals surface area contributed by atoms with Gasteiger partial charge in [-0.05, 0) is 79.1 Å². The van der Waals surface area contributed by atoms with Crippen LogP contribution in [-0.4, -0.2) is 24.5 Å². The number of hydrogen-bond acceptors (Lipinski definition) is 5. The smallest absolute Gasteiger partial charge is 0.343 e. The Morgan fingerprint density at radius 2 is 1.37 bits per heavy atom. The Balaban J connectivity index is 1.59. The van der Waals surface area contributed by atoms with E-state index in [-0.39, 0.29) is 12.2 Å². The summed E-state index contributed by atoms with van der Waals surface area (Å²) in [6, 6.07) is 27.2. The third-order valence-corrected chi connectivity index (χ3v) is 6.96. The average Bonchev–Trinajstić information content (AvgIpc) is 3.01. The molecule has 43 heavy (non-hydrogen) atoms. The number of halogens is 1. The minimum Gasteiger partial charge on any atom is -0.490 e. The largest absolute Gasteiger partial charge is 0.490 e. The van der Waals surface area contributed by atoms with Crippen LogP contribution in [0.2, 0.25) is 5.02 Å². The van der Waals surface area contributed by atoms with Gasteiger partial charge >= 0.3 is 6.03 Å². The molecule has 1 aliphatic heterocycles. The fourth-order valence-corrected chi connectivity index (χ4v) is 4.87. The second-order valence-electron chi connectivity index (χ2n) is 9.64. The summed E-state index contributed by atoms with van der Waals surface area (Å²) in [5, 5.41) is 0.633. The number of amides is 4. The fraction of sp³-hybridized carbons (Fsp3) is 0.114. The molecule has 0 bridgehead atoms. The monoisotopic (exact) mass is 592 g/mol. The molecule has 1 saturated heterocycles. The first kappa shape index (κ1) is 29.4. The zero-order chi connectivity index (χ0) is 30.3. The molecule has 4 aromatic rings. The molecule has 0 unspecified atom stereocenters. The van der Waals surface area contributed by atoms with Crippen LogP contribution in [0, 0.1) is 0 Å². The number of hydrogen-bond donors (Lipinski definition) is 0. The van der Waals surface area contributed by atoms with E-state index in [1.807, 2.05) is 25.1 Å². The lowest BCUT2D eigenvalue weighted by atomic mass is 10.0. The highest BCUT2D eigenvalue weighted by Gasteiger charge is 2.43. The molecule has 0 radical (unpaired) electrons. The Labute approximate surface area is 255 Å². The van der Waals surface area contributed by atoms with Gasteiger partial charge in [-0.25, -0.2) is 14.6 Å². The van der Waals surface area contributed by atoms with E-state index >= 15 is 0 Å². The number of nitrogens with zero attached hydrogens (tertiary/aromatic N) is 2. The van der Waals surface area contributed by atoms with Crippen LogP contribution in [0.15, 0.2) is 115 Å². The second-order valence-corrected chi connectivity index (χ2v) is 10.1. The van der Waals surface area contributed by atoms with Crippen molar-refractivity contribution in [1.29, 1.82) is 0 Å². The Hall–Kier alpha value is -5.14. The third kappa shape index (κ3) is 6.37. The first-order chi connectivity index (χ1) is 20.9. The molecule has 7 nitrogen and oxygen atoms in total. The summed E-state index contributed by atoms with van der Waals surface area (Å²) in [6.45, 7) is 6.38. The van der Waals surface area contributed by atoms with E-state index in [1.165, 1.54) is 6.08 Å². The first-order valence-corrected chi connectivity index (χ1v) is 14.1. The van der Waals surface area contributed by atoms with Crippen LogP contribution < -0.4 is 19.3 Å². The molecular weight excluding hydrogens is 564 g/mol. The second kappa shape index (κ2) is 13.2. The number of ether oxygens (including phenoxy) is 2. The Morgan fingerprint density at radius 1 is 0.791 bits per heavy atom. The molecule has 0 aromatic heterocycles. The summed E-state index contributed by atoms with van der Waals surface area (Å²) < 4.78 is 12.2. The van der Waals surface area contributed by atoms with Crippen molar-refractivity contribution in [2.75, 3.05) is 16.4 Å². The third-order valence-electron chi connectivity index (χ3n) is 6.70. The molecule has 0 N–H and O–H groups in total. The number of rotatable bonds is 10. The van der Waals surface area contributed by atoms with Crippen LogP contribution in [0.25, 0.3) is 6.08 Å². The van der Waals surface area contributed by atoms with Gasteiger partial charge in [0.1, 0.15) is 12.2 Å². The molecule has 216 valence electrons. The number of allylic oxidation sites excluding steroid dienone is 1. The number of imide groups is 2. The van der Waals surface area contributed by atoms with E-state index in [0.29, 0.717) is 46.5 Å². The first-order valence-electron chi connectivity index (χ1n) is 13.7. The van der Waals surface area contributed by atoms with Crippen molar-refractivity contribution in [3.63, 3.8) is 0 Å². The van der Waals surface area contributed by atoms with Crippen LogP contribution >= 0.6 is 11.6 Å². The Morgan fingerprint density at radius 3 is 1.91 bits per heavy atom. The van der Waals surface area contributed by atoms with Crippen molar-refractivity contribution in [1.82, 2.24) is 0 Å². The Kier molecular flexibility index (Phi) is 9.03. The number of carbonyl (C=O) groups is 3. The number of urea groups is 1. The molecule has 0 saturated carbocycles. The minimum atomic E-state index is -0.752. The summed E-state index contributed by atoms with van der Waals surface area (Å²) in [5.41, 5.74) is 2.75. The van der Waals surface area contributed by atoms with Crippen LogP contribution in [0.1, 0.15) is 23.6 Å². The molecule has 5 rings (SSSR count). The zero-order valence-electron chi connectivity index (χ0n) is 23.5. The van der Waals surface area contributed by atoms with E-state index in [2.05, 4.69) is 6.58 Å². The number of benzene rings is 4. The number of barbiturate groups is 1. The average molecular weight is 593 g/mol. The zero-order valence-corrected chi connectivity index (χ0v) is 24.3. The van der Waals surface area contributed by atoms with Gasteiger partial charge in [-0.15, -0.1) is 6.58 Å². The molecule has 0 spiro atoms. The van der Waals surface area contributed by atoms with Crippen LogP contribution in [0.3, 0.4) is 0 Å². The van der Waals surface area contributed by atoms with Gasteiger partial charge in [-0.3, -0.25) is 9.59 Å². The van der Waals surface area contributed by atoms with Gasteiger partial charge in [0.05, 0.1) is 18.0 Å². The summed E-state index contributed by atoms with van der Waals surface area (Å²) >= 11 is 6.03. The molecule has 1 fully saturated rings. The quantitative estimate of drug-likeness (QED) is 0.107. The predicted octanol–water partition coefficient (Wildman–Crippen LogP) is 7.63. The van der Waals surface area contributed by atoms with Gasteiger partial charge < -0.3 is 9.47 Å². The van der Waals surface area contributed by atoms with Crippen molar-refractivity contribution in [3.05, 3.63) is 137 Å². The molecule has 0 aliphatic carbocycles. The van der Waals surface area contributed by atoms with E-state index in [4.69, 9.17) is 21.1 Å². The standard InChI is InChI=1S/C35H29ClN2O5/c1-3-11-26-20-25(22-31(42-4-2)32(26)43-23-24-16-18-27(36)19-17-24)21-30-33(39)37(28-12-7-5-8-13-28)35(41)38(34(30)40)29-14-9-6-10-15-29/h3,5-10,12-22H,1,4,11,23H2,2H3. The lowest BCUT2D eigenvalue weighted by molar-refractivity contribution is -0.121. The van der Waals surface area contributed by atoms with Gasteiger partial charge in [0, 0.05) is 10.6 Å². The summed E-state index contributed by atoms with van der Waals surface area (Å²) in [7, 11) is 0. The number of para-hydroxylation sites is 2. The van der Waals surface area contributed by atoms with E-state index < -0.39 is 17.8 Å². The highest BCUT2D eigenvalue weighted by atomic mass is 35.5. The van der Waals surface area contributed by atoms with Gasteiger partial charge in [0.15, 0.2) is 11.5 Å². The van der Waals surface area contributed by atoms with Gasteiger partial charge in [-0.1, -0.05) is 66.2 Å².